The van der Waals surface area contributed by atoms with Crippen molar-refractivity contribution in [1.82, 2.24) is 5.32 Å². The standard InChI is InChI=1S/C39H70NO8P/c1-3-5-7-9-11-13-15-17-18-20-22-24-26-28-30-32-39(43)46-35-37(41)36-48-49(44,45)47-34-33-40-38(42)31-29-27-25-23-21-19-16-14-12-10-8-6-4-2/h5,7,11,13,17-18,22,24,37,41H,3-4,6,8-10,12,14-16,19-21,23,25-36H2,1-2H3,(H,40,42)(H,44,45)/b7-5-,13-11-,18-17-,24-22-. The van der Waals surface area contributed by atoms with Crippen LogP contribution >= 0.6 is 7.82 Å². The number of ether oxygens (including phenoxy) is 1. The van der Waals surface area contributed by atoms with Gasteiger partial charge in [-0.3, -0.25) is 18.6 Å². The average Bonchev–Trinajstić information content (AvgIpc) is 3.08. The molecule has 284 valence electrons. The zero-order chi connectivity index (χ0) is 36.1. The van der Waals surface area contributed by atoms with Crippen molar-refractivity contribution >= 4 is 19.7 Å². The highest BCUT2D eigenvalue weighted by atomic mass is 31.2. The van der Waals surface area contributed by atoms with Crippen LogP contribution in [0.3, 0.4) is 0 Å². The van der Waals surface area contributed by atoms with Gasteiger partial charge in [-0.1, -0.05) is 140 Å². The van der Waals surface area contributed by atoms with Crippen LogP contribution in [0.5, 0.6) is 0 Å². The minimum Gasteiger partial charge on any atom is -0.463 e. The first-order valence-corrected chi connectivity index (χ1v) is 20.6. The van der Waals surface area contributed by atoms with Crippen LogP contribution in [0.15, 0.2) is 48.6 Å². The number of amides is 1. The molecule has 0 aromatic heterocycles. The number of hydrogen-bond donors (Lipinski definition) is 3. The minimum absolute atomic E-state index is 0.0770. The molecule has 0 spiro atoms. The van der Waals surface area contributed by atoms with E-state index in [1.807, 2.05) is 0 Å². The van der Waals surface area contributed by atoms with Crippen LogP contribution in [0, 0.1) is 0 Å². The van der Waals surface area contributed by atoms with Crippen LogP contribution in [0.2, 0.25) is 0 Å². The van der Waals surface area contributed by atoms with Gasteiger partial charge in [0, 0.05) is 19.4 Å². The molecule has 2 unspecified atom stereocenters. The maximum absolute atomic E-state index is 12.0. The summed E-state index contributed by atoms with van der Waals surface area (Å²) >= 11 is 0. The summed E-state index contributed by atoms with van der Waals surface area (Å²) in [5, 5.41) is 12.6. The highest BCUT2D eigenvalue weighted by molar-refractivity contribution is 7.47. The Kier molecular flexibility index (Phi) is 34.3. The fourth-order valence-corrected chi connectivity index (χ4v) is 5.66. The third-order valence-electron chi connectivity index (χ3n) is 7.77. The van der Waals surface area contributed by atoms with Crippen molar-refractivity contribution in [2.45, 2.75) is 161 Å². The molecule has 0 saturated heterocycles. The highest BCUT2D eigenvalue weighted by Crippen LogP contribution is 2.42. The van der Waals surface area contributed by atoms with Crippen molar-refractivity contribution < 1.29 is 37.9 Å². The average molecular weight is 712 g/mol. The molecular formula is C39H70NO8P. The summed E-state index contributed by atoms with van der Waals surface area (Å²) in [6.07, 6.45) is 39.0. The van der Waals surface area contributed by atoms with Gasteiger partial charge in [-0.25, -0.2) is 4.57 Å². The SMILES string of the molecule is CC/C=C\C/C=C\C/C=C\C/C=C\CCCCC(=O)OCC(O)COP(=O)(O)OCCNC(=O)CCCCCCCCCCCCCCC. The molecule has 0 rings (SSSR count). The molecule has 0 fully saturated rings. The van der Waals surface area contributed by atoms with E-state index in [9.17, 15) is 24.2 Å². The van der Waals surface area contributed by atoms with Crippen LogP contribution in [-0.4, -0.2) is 54.3 Å². The van der Waals surface area contributed by atoms with Crippen LogP contribution in [0.1, 0.15) is 155 Å². The van der Waals surface area contributed by atoms with E-state index in [0.717, 1.165) is 57.8 Å². The van der Waals surface area contributed by atoms with Crippen molar-refractivity contribution in [3.8, 4) is 0 Å². The fraction of sp³-hybridized carbons (Fsp3) is 0.744. The van der Waals surface area contributed by atoms with E-state index >= 15 is 0 Å². The lowest BCUT2D eigenvalue weighted by Gasteiger charge is -2.15. The molecule has 49 heavy (non-hydrogen) atoms. The van der Waals surface area contributed by atoms with Crippen molar-refractivity contribution in [1.29, 1.82) is 0 Å². The van der Waals surface area contributed by atoms with Gasteiger partial charge in [0.05, 0.1) is 13.2 Å². The van der Waals surface area contributed by atoms with Gasteiger partial charge in [0.2, 0.25) is 5.91 Å². The summed E-state index contributed by atoms with van der Waals surface area (Å²) in [7, 11) is -4.42. The van der Waals surface area contributed by atoms with Gasteiger partial charge in [0.25, 0.3) is 0 Å². The second-order valence-electron chi connectivity index (χ2n) is 12.5. The van der Waals surface area contributed by atoms with E-state index in [-0.39, 0.29) is 32.1 Å². The second kappa shape index (κ2) is 35.8. The van der Waals surface area contributed by atoms with Crippen molar-refractivity contribution in [3.63, 3.8) is 0 Å². The lowest BCUT2D eigenvalue weighted by atomic mass is 10.0. The lowest BCUT2D eigenvalue weighted by Crippen LogP contribution is -2.27. The number of phosphoric ester groups is 1. The number of carbonyl (C=O) groups is 2. The molecule has 0 aromatic carbocycles. The molecule has 0 aliphatic heterocycles. The summed E-state index contributed by atoms with van der Waals surface area (Å²) in [5.41, 5.74) is 0. The van der Waals surface area contributed by atoms with E-state index in [1.54, 1.807) is 0 Å². The maximum Gasteiger partial charge on any atom is 0.472 e. The Bertz CT molecular complexity index is 949. The van der Waals surface area contributed by atoms with Gasteiger partial charge < -0.3 is 20.1 Å². The van der Waals surface area contributed by atoms with Crippen LogP contribution in [0.4, 0.5) is 0 Å². The van der Waals surface area contributed by atoms with Gasteiger partial charge in [-0.15, -0.1) is 0 Å². The molecule has 0 aliphatic rings. The zero-order valence-electron chi connectivity index (χ0n) is 30.9. The molecule has 1 amide bonds. The number of unbranched alkanes of at least 4 members (excludes halogenated alkanes) is 14. The topological polar surface area (TPSA) is 131 Å². The summed E-state index contributed by atoms with van der Waals surface area (Å²) in [4.78, 5) is 33.7. The first-order valence-electron chi connectivity index (χ1n) is 19.1. The molecule has 9 nitrogen and oxygen atoms in total. The van der Waals surface area contributed by atoms with E-state index < -0.39 is 26.5 Å². The molecule has 3 N–H and O–H groups in total. The summed E-state index contributed by atoms with van der Waals surface area (Å²) in [5.74, 6) is -0.561. The predicted octanol–water partition coefficient (Wildman–Crippen LogP) is 9.99. The number of phosphoric acid groups is 1. The van der Waals surface area contributed by atoms with E-state index in [2.05, 4.69) is 67.8 Å². The number of carbonyl (C=O) groups excluding carboxylic acids is 2. The van der Waals surface area contributed by atoms with Crippen LogP contribution in [0.25, 0.3) is 0 Å². The maximum atomic E-state index is 12.0. The fourth-order valence-electron chi connectivity index (χ4n) is 4.90. The van der Waals surface area contributed by atoms with Gasteiger partial charge in [-0.05, 0) is 51.4 Å². The molecule has 2 atom stereocenters. The zero-order valence-corrected chi connectivity index (χ0v) is 31.8. The Hall–Kier alpha value is -2.03. The Labute approximate surface area is 298 Å². The van der Waals surface area contributed by atoms with Crippen molar-refractivity contribution in [2.75, 3.05) is 26.4 Å². The van der Waals surface area contributed by atoms with Gasteiger partial charge in [0.1, 0.15) is 12.7 Å². The number of allylic oxidation sites excluding steroid dienone is 8. The van der Waals surface area contributed by atoms with Crippen LogP contribution in [-0.2, 0) is 27.9 Å². The number of nitrogens with one attached hydrogen (secondary N) is 1. The monoisotopic (exact) mass is 711 g/mol. The van der Waals surface area contributed by atoms with Crippen molar-refractivity contribution in [2.24, 2.45) is 0 Å². The second-order valence-corrected chi connectivity index (χ2v) is 14.0. The summed E-state index contributed by atoms with van der Waals surface area (Å²) < 4.78 is 26.7. The first kappa shape index (κ1) is 47.0. The third kappa shape index (κ3) is 37.1. The van der Waals surface area contributed by atoms with Gasteiger partial charge in [-0.2, -0.15) is 0 Å². The molecular weight excluding hydrogens is 641 g/mol. The van der Waals surface area contributed by atoms with E-state index in [1.165, 1.54) is 64.2 Å². The molecule has 0 heterocycles. The third-order valence-corrected chi connectivity index (χ3v) is 8.76. The number of aliphatic hydroxyl groups is 1. The largest absolute Gasteiger partial charge is 0.472 e. The number of esters is 1. The smallest absolute Gasteiger partial charge is 0.463 e. The molecule has 0 saturated carbocycles. The molecule has 0 aliphatic carbocycles. The lowest BCUT2D eigenvalue weighted by molar-refractivity contribution is -0.147. The predicted molar refractivity (Wildman–Crippen MR) is 201 cm³/mol. The van der Waals surface area contributed by atoms with E-state index in [0.29, 0.717) is 12.8 Å². The molecule has 10 heteroatoms. The Morgan fingerprint density at radius 3 is 1.73 bits per heavy atom. The van der Waals surface area contributed by atoms with Gasteiger partial charge >= 0.3 is 13.8 Å². The number of hydrogen-bond acceptors (Lipinski definition) is 7. The number of aliphatic hydroxyl groups excluding tert-OH is 1. The summed E-state index contributed by atoms with van der Waals surface area (Å²) in [6.45, 7) is 3.37. The molecule has 0 bridgehead atoms. The van der Waals surface area contributed by atoms with E-state index in [4.69, 9.17) is 13.8 Å². The van der Waals surface area contributed by atoms with Crippen molar-refractivity contribution in [3.05, 3.63) is 48.6 Å². The Morgan fingerprint density at radius 1 is 0.653 bits per heavy atom. The number of rotatable bonds is 35. The first-order chi connectivity index (χ1) is 23.8. The van der Waals surface area contributed by atoms with Gasteiger partial charge in [0.15, 0.2) is 0 Å². The Morgan fingerprint density at radius 2 is 1.16 bits per heavy atom. The molecule has 0 radical (unpaired) electrons. The normalized spacial score (nSPS) is 14.0. The minimum atomic E-state index is -4.42. The summed E-state index contributed by atoms with van der Waals surface area (Å²) in [6, 6.07) is 0. The van der Waals surface area contributed by atoms with Crippen LogP contribution < -0.4 is 5.32 Å². The Balaban J connectivity index is 3.69. The highest BCUT2D eigenvalue weighted by Gasteiger charge is 2.23. The quantitative estimate of drug-likeness (QED) is 0.0256. The molecule has 0 aromatic rings.